The fourth-order valence-corrected chi connectivity index (χ4v) is 2.60. The van der Waals surface area contributed by atoms with Gasteiger partial charge < -0.3 is 14.2 Å². The van der Waals surface area contributed by atoms with E-state index in [-0.39, 0.29) is 5.78 Å². The Hall–Kier alpha value is -1.59. The Morgan fingerprint density at radius 1 is 1.00 bits per heavy atom. The molecule has 0 radical (unpaired) electrons. The Bertz CT molecular complexity index is 574. The van der Waals surface area contributed by atoms with Gasteiger partial charge in [-0.15, -0.1) is 0 Å². The van der Waals surface area contributed by atoms with E-state index in [1.807, 2.05) is 12.1 Å². The van der Waals surface area contributed by atoms with Gasteiger partial charge >= 0.3 is 0 Å². The van der Waals surface area contributed by atoms with E-state index in [9.17, 15) is 4.79 Å². The third-order valence-corrected chi connectivity index (χ3v) is 3.84. The maximum atomic E-state index is 11.3. The molecule has 0 aliphatic heterocycles. The van der Waals surface area contributed by atoms with Crippen molar-refractivity contribution >= 4 is 21.7 Å². The van der Waals surface area contributed by atoms with E-state index in [2.05, 4.69) is 15.9 Å². The second kappa shape index (κ2) is 5.81. The number of ether oxygens (including phenoxy) is 3. The Balaban J connectivity index is 2.63. The fourth-order valence-electron chi connectivity index (χ4n) is 2.11. The molecule has 0 heterocycles. The van der Waals surface area contributed by atoms with Crippen molar-refractivity contribution in [2.75, 3.05) is 21.3 Å². The van der Waals surface area contributed by atoms with Gasteiger partial charge in [0.1, 0.15) is 17.1 Å². The lowest BCUT2D eigenvalue weighted by molar-refractivity contribution is -0.110. The molecule has 20 heavy (non-hydrogen) atoms. The van der Waals surface area contributed by atoms with Crippen molar-refractivity contribution in [1.29, 1.82) is 0 Å². The van der Waals surface area contributed by atoms with Crippen molar-refractivity contribution in [1.82, 2.24) is 0 Å². The summed E-state index contributed by atoms with van der Waals surface area (Å²) in [6, 6.07) is 3.64. The van der Waals surface area contributed by atoms with Crippen LogP contribution >= 0.6 is 15.9 Å². The first-order valence-electron chi connectivity index (χ1n) is 5.96. The lowest BCUT2D eigenvalue weighted by atomic mass is 9.88. The maximum Gasteiger partial charge on any atom is 0.178 e. The van der Waals surface area contributed by atoms with Crippen LogP contribution in [0.4, 0.5) is 0 Å². The summed E-state index contributed by atoms with van der Waals surface area (Å²) in [7, 11) is 4.76. The minimum Gasteiger partial charge on any atom is -0.496 e. The molecule has 4 nitrogen and oxygen atoms in total. The van der Waals surface area contributed by atoms with Gasteiger partial charge in [-0.2, -0.15) is 0 Å². The van der Waals surface area contributed by atoms with Crippen LogP contribution in [-0.2, 0) is 15.1 Å². The Labute approximate surface area is 126 Å². The van der Waals surface area contributed by atoms with E-state index in [4.69, 9.17) is 14.2 Å². The zero-order chi connectivity index (χ0) is 14.8. The molecule has 5 heteroatoms. The largest absolute Gasteiger partial charge is 0.496 e. The molecule has 0 spiro atoms. The fraction of sp³-hybridized carbons (Fsp3) is 0.267. The molecule has 1 aliphatic carbocycles. The van der Waals surface area contributed by atoms with Gasteiger partial charge in [-0.1, -0.05) is 0 Å². The number of rotatable bonds is 4. The average molecular weight is 339 g/mol. The number of carbonyl (C=O) groups is 1. The van der Waals surface area contributed by atoms with Crippen LogP contribution in [0.2, 0.25) is 0 Å². The van der Waals surface area contributed by atoms with Gasteiger partial charge in [0.25, 0.3) is 0 Å². The Kier molecular flexibility index (Phi) is 4.30. The minimum atomic E-state index is -0.840. The lowest BCUT2D eigenvalue weighted by Gasteiger charge is -2.30. The zero-order valence-electron chi connectivity index (χ0n) is 11.5. The topological polar surface area (TPSA) is 44.8 Å². The number of benzene rings is 1. The monoisotopic (exact) mass is 338 g/mol. The molecular formula is C15H15BrO4. The van der Waals surface area contributed by atoms with Gasteiger partial charge in [-0.05, 0) is 52.4 Å². The van der Waals surface area contributed by atoms with Crippen molar-refractivity contribution in [2.24, 2.45) is 0 Å². The second-order valence-electron chi connectivity index (χ2n) is 4.25. The lowest BCUT2D eigenvalue weighted by Crippen LogP contribution is -2.26. The van der Waals surface area contributed by atoms with Crippen molar-refractivity contribution in [2.45, 2.75) is 5.60 Å². The molecule has 0 atom stereocenters. The summed E-state index contributed by atoms with van der Waals surface area (Å²) in [6.07, 6.45) is 6.38. The smallest absolute Gasteiger partial charge is 0.178 e. The predicted molar refractivity (Wildman–Crippen MR) is 79.2 cm³/mol. The summed E-state index contributed by atoms with van der Waals surface area (Å²) < 4.78 is 17.1. The Morgan fingerprint density at radius 3 is 2.10 bits per heavy atom. The molecule has 1 aromatic rings. The molecule has 106 valence electrons. The van der Waals surface area contributed by atoms with E-state index in [1.54, 1.807) is 33.5 Å². The number of carbonyl (C=O) groups excluding carboxylic acids is 1. The summed E-state index contributed by atoms with van der Waals surface area (Å²) in [5.41, 5.74) is -0.0738. The molecule has 0 N–H and O–H groups in total. The molecule has 0 bridgehead atoms. The molecule has 1 aromatic carbocycles. The van der Waals surface area contributed by atoms with Crippen LogP contribution < -0.4 is 9.47 Å². The average Bonchev–Trinajstić information content (AvgIpc) is 2.48. The number of halogens is 1. The quantitative estimate of drug-likeness (QED) is 0.846. The van der Waals surface area contributed by atoms with Gasteiger partial charge in [0.15, 0.2) is 5.78 Å². The summed E-state index contributed by atoms with van der Waals surface area (Å²) >= 11 is 3.42. The molecular weight excluding hydrogens is 324 g/mol. The van der Waals surface area contributed by atoms with Gasteiger partial charge in [0.05, 0.1) is 18.7 Å². The maximum absolute atomic E-state index is 11.3. The molecule has 2 rings (SSSR count). The van der Waals surface area contributed by atoms with Crippen molar-refractivity contribution in [3.63, 3.8) is 0 Å². The second-order valence-corrected chi connectivity index (χ2v) is 5.11. The zero-order valence-corrected chi connectivity index (χ0v) is 13.1. The van der Waals surface area contributed by atoms with Crippen LogP contribution in [0.15, 0.2) is 40.9 Å². The first kappa shape index (κ1) is 14.8. The number of hydrogen-bond acceptors (Lipinski definition) is 4. The third kappa shape index (κ3) is 2.51. The van der Waals surface area contributed by atoms with Crippen LogP contribution in [0.3, 0.4) is 0 Å². The van der Waals surface area contributed by atoms with Gasteiger partial charge in [-0.3, -0.25) is 4.79 Å². The first-order valence-corrected chi connectivity index (χ1v) is 6.75. The summed E-state index contributed by atoms with van der Waals surface area (Å²) in [6.45, 7) is 0. The van der Waals surface area contributed by atoms with Crippen molar-refractivity contribution in [3.8, 4) is 11.5 Å². The molecule has 0 unspecified atom stereocenters. The van der Waals surface area contributed by atoms with Crippen molar-refractivity contribution < 1.29 is 19.0 Å². The highest BCUT2D eigenvalue weighted by atomic mass is 79.9. The highest BCUT2D eigenvalue weighted by molar-refractivity contribution is 9.10. The predicted octanol–water partition coefficient (Wildman–Crippen LogP) is 3.00. The highest BCUT2D eigenvalue weighted by Gasteiger charge is 2.33. The third-order valence-electron chi connectivity index (χ3n) is 3.22. The SMILES string of the molecule is COc1cc(C2(OC)C=CC(=O)C=C2)c(OC)cc1Br. The van der Waals surface area contributed by atoms with E-state index in [0.29, 0.717) is 11.5 Å². The van der Waals surface area contributed by atoms with Gasteiger partial charge in [-0.25, -0.2) is 0 Å². The normalized spacial score (nSPS) is 16.3. The van der Waals surface area contributed by atoms with E-state index >= 15 is 0 Å². The number of methoxy groups -OCH3 is 3. The van der Waals surface area contributed by atoms with Gasteiger partial charge in [0, 0.05) is 12.7 Å². The first-order chi connectivity index (χ1) is 9.56. The summed E-state index contributed by atoms with van der Waals surface area (Å²) in [4.78, 5) is 11.3. The number of ketones is 1. The summed E-state index contributed by atoms with van der Waals surface area (Å²) in [5.74, 6) is 1.24. The number of hydrogen-bond donors (Lipinski definition) is 0. The van der Waals surface area contributed by atoms with Gasteiger partial charge in [0.2, 0.25) is 0 Å². The summed E-state index contributed by atoms with van der Waals surface area (Å²) in [5, 5.41) is 0. The van der Waals surface area contributed by atoms with E-state index < -0.39 is 5.60 Å². The van der Waals surface area contributed by atoms with Crippen LogP contribution in [0.1, 0.15) is 5.56 Å². The standard InChI is InChI=1S/C15H15BrO4/c1-18-13-9-12(16)14(19-2)8-11(13)15(20-3)6-4-10(17)5-7-15/h4-9H,1-3H3. The van der Waals surface area contributed by atoms with Crippen LogP contribution in [0.5, 0.6) is 11.5 Å². The van der Waals surface area contributed by atoms with E-state index in [1.165, 1.54) is 12.2 Å². The molecule has 0 aromatic heterocycles. The van der Waals surface area contributed by atoms with Crippen LogP contribution in [-0.4, -0.2) is 27.1 Å². The Morgan fingerprint density at radius 2 is 1.60 bits per heavy atom. The number of allylic oxidation sites excluding steroid dienone is 2. The van der Waals surface area contributed by atoms with Crippen LogP contribution in [0.25, 0.3) is 0 Å². The molecule has 0 amide bonds. The molecule has 1 aliphatic rings. The molecule has 0 saturated heterocycles. The molecule has 0 fully saturated rings. The van der Waals surface area contributed by atoms with Crippen molar-refractivity contribution in [3.05, 3.63) is 46.5 Å². The van der Waals surface area contributed by atoms with Crippen LogP contribution in [0, 0.1) is 0 Å². The van der Waals surface area contributed by atoms with E-state index in [0.717, 1.165) is 10.0 Å². The highest BCUT2D eigenvalue weighted by Crippen LogP contribution is 2.42. The molecule has 0 saturated carbocycles. The minimum absolute atomic E-state index is 0.0688.